The van der Waals surface area contributed by atoms with Gasteiger partial charge in [-0.15, -0.1) is 0 Å². The first-order valence-electron chi connectivity index (χ1n) is 6.14. The van der Waals surface area contributed by atoms with E-state index in [0.29, 0.717) is 18.5 Å². The number of hydrogen-bond donors (Lipinski definition) is 3. The van der Waals surface area contributed by atoms with Gasteiger partial charge in [-0.05, 0) is 31.0 Å². The van der Waals surface area contributed by atoms with Gasteiger partial charge in [0, 0.05) is 6.54 Å². The Morgan fingerprint density at radius 2 is 2.21 bits per heavy atom. The van der Waals surface area contributed by atoms with E-state index < -0.39 is 29.8 Å². The Balaban J connectivity index is 1.98. The molecule has 0 radical (unpaired) electrons. The summed E-state index contributed by atoms with van der Waals surface area (Å²) in [5, 5.41) is 14.9. The zero-order valence-corrected chi connectivity index (χ0v) is 10.5. The molecule has 1 saturated heterocycles. The summed E-state index contributed by atoms with van der Waals surface area (Å²) in [5.74, 6) is -2.11. The monoisotopic (exact) mass is 270 g/mol. The largest absolute Gasteiger partial charge is 0.392 e. The summed E-state index contributed by atoms with van der Waals surface area (Å²) in [4.78, 5) is 11.9. The Bertz CT molecular complexity index is 482. The number of amides is 1. The van der Waals surface area contributed by atoms with Crippen LogP contribution < -0.4 is 10.6 Å². The quantitative estimate of drug-likeness (QED) is 0.763. The smallest absolute Gasteiger partial charge is 0.237 e. The third kappa shape index (κ3) is 3.27. The summed E-state index contributed by atoms with van der Waals surface area (Å²) in [6, 6.07) is 2.66. The fraction of sp³-hybridized carbons (Fsp3) is 0.462. The third-order valence-electron chi connectivity index (χ3n) is 3.23. The van der Waals surface area contributed by atoms with Gasteiger partial charge in [0.15, 0.2) is 11.6 Å². The third-order valence-corrected chi connectivity index (χ3v) is 3.23. The molecule has 1 aliphatic heterocycles. The SMILES string of the molecule is C[C@H](NC(=O)[C@H]1C[C@H](O)CN1)c1ccc(F)c(F)c1. The Morgan fingerprint density at radius 3 is 2.79 bits per heavy atom. The summed E-state index contributed by atoms with van der Waals surface area (Å²) < 4.78 is 25.9. The molecular weight excluding hydrogens is 254 g/mol. The molecule has 0 bridgehead atoms. The molecule has 0 aromatic heterocycles. The zero-order chi connectivity index (χ0) is 14.0. The summed E-state index contributed by atoms with van der Waals surface area (Å²) >= 11 is 0. The van der Waals surface area contributed by atoms with Crippen molar-refractivity contribution in [1.82, 2.24) is 10.6 Å². The molecule has 1 heterocycles. The number of aliphatic hydroxyl groups excluding tert-OH is 1. The maximum atomic E-state index is 13.1. The molecule has 1 amide bonds. The fourth-order valence-electron chi connectivity index (χ4n) is 2.10. The van der Waals surface area contributed by atoms with E-state index in [1.165, 1.54) is 6.07 Å². The minimum absolute atomic E-state index is 0.256. The number of benzene rings is 1. The molecule has 0 unspecified atom stereocenters. The van der Waals surface area contributed by atoms with Crippen molar-refractivity contribution in [2.45, 2.75) is 31.5 Å². The van der Waals surface area contributed by atoms with Crippen molar-refractivity contribution in [2.75, 3.05) is 6.54 Å². The highest BCUT2D eigenvalue weighted by Gasteiger charge is 2.28. The predicted molar refractivity (Wildman–Crippen MR) is 65.3 cm³/mol. The normalized spacial score (nSPS) is 24.2. The van der Waals surface area contributed by atoms with Crippen molar-refractivity contribution in [1.29, 1.82) is 0 Å². The second kappa shape index (κ2) is 5.63. The van der Waals surface area contributed by atoms with Gasteiger partial charge in [0.05, 0.1) is 18.2 Å². The Labute approximate surface area is 109 Å². The van der Waals surface area contributed by atoms with E-state index >= 15 is 0 Å². The van der Waals surface area contributed by atoms with Gasteiger partial charge < -0.3 is 15.7 Å². The van der Waals surface area contributed by atoms with Crippen LogP contribution in [0.1, 0.15) is 24.9 Å². The highest BCUT2D eigenvalue weighted by Crippen LogP contribution is 2.16. The van der Waals surface area contributed by atoms with Crippen LogP contribution in [0, 0.1) is 11.6 Å². The molecule has 104 valence electrons. The number of β-amino-alcohol motifs (C(OH)–C–C–N with tert-alkyl or cyclic N) is 1. The minimum Gasteiger partial charge on any atom is -0.392 e. The number of carbonyl (C=O) groups is 1. The number of halogens is 2. The number of carbonyl (C=O) groups excluding carboxylic acids is 1. The summed E-state index contributed by atoms with van der Waals surface area (Å²) in [7, 11) is 0. The molecule has 0 spiro atoms. The van der Waals surface area contributed by atoms with E-state index in [4.69, 9.17) is 0 Å². The van der Waals surface area contributed by atoms with Crippen LogP contribution >= 0.6 is 0 Å². The van der Waals surface area contributed by atoms with Gasteiger partial charge in [0.2, 0.25) is 5.91 Å². The van der Waals surface area contributed by atoms with Crippen LogP contribution in [0.2, 0.25) is 0 Å². The summed E-state index contributed by atoms with van der Waals surface area (Å²) in [6.45, 7) is 2.08. The molecule has 1 aromatic rings. The Hall–Kier alpha value is -1.53. The van der Waals surface area contributed by atoms with Crippen LogP contribution in [-0.2, 0) is 4.79 Å². The molecule has 3 N–H and O–H groups in total. The first-order chi connectivity index (χ1) is 8.97. The lowest BCUT2D eigenvalue weighted by Gasteiger charge is -2.17. The number of aliphatic hydroxyl groups is 1. The lowest BCUT2D eigenvalue weighted by molar-refractivity contribution is -0.123. The van der Waals surface area contributed by atoms with Crippen LogP contribution in [0.3, 0.4) is 0 Å². The molecular formula is C13H16F2N2O2. The highest BCUT2D eigenvalue weighted by molar-refractivity contribution is 5.82. The topological polar surface area (TPSA) is 61.4 Å². The number of nitrogens with one attached hydrogen (secondary N) is 2. The lowest BCUT2D eigenvalue weighted by atomic mass is 10.1. The van der Waals surface area contributed by atoms with E-state index in [1.807, 2.05) is 0 Å². The molecule has 3 atom stereocenters. The lowest BCUT2D eigenvalue weighted by Crippen LogP contribution is -2.41. The van der Waals surface area contributed by atoms with Crippen LogP contribution in [0.5, 0.6) is 0 Å². The number of rotatable bonds is 3. The highest BCUT2D eigenvalue weighted by atomic mass is 19.2. The van der Waals surface area contributed by atoms with Crippen molar-refractivity contribution >= 4 is 5.91 Å². The molecule has 0 saturated carbocycles. The van der Waals surface area contributed by atoms with E-state index in [0.717, 1.165) is 12.1 Å². The van der Waals surface area contributed by atoms with Gasteiger partial charge in [0.25, 0.3) is 0 Å². The van der Waals surface area contributed by atoms with Crippen molar-refractivity contribution in [3.8, 4) is 0 Å². The molecule has 1 fully saturated rings. The van der Waals surface area contributed by atoms with Crippen molar-refractivity contribution in [2.24, 2.45) is 0 Å². The van der Waals surface area contributed by atoms with Crippen molar-refractivity contribution in [3.63, 3.8) is 0 Å². The van der Waals surface area contributed by atoms with E-state index in [1.54, 1.807) is 6.92 Å². The second-order valence-electron chi connectivity index (χ2n) is 4.75. The average Bonchev–Trinajstić information content (AvgIpc) is 2.79. The molecule has 2 rings (SSSR count). The van der Waals surface area contributed by atoms with Crippen LogP contribution in [0.4, 0.5) is 8.78 Å². The van der Waals surface area contributed by atoms with Gasteiger partial charge in [-0.1, -0.05) is 6.07 Å². The van der Waals surface area contributed by atoms with Gasteiger partial charge in [-0.25, -0.2) is 8.78 Å². The average molecular weight is 270 g/mol. The van der Waals surface area contributed by atoms with Gasteiger partial charge in [-0.2, -0.15) is 0 Å². The van der Waals surface area contributed by atoms with Crippen LogP contribution in [-0.4, -0.2) is 29.7 Å². The van der Waals surface area contributed by atoms with Crippen LogP contribution in [0.25, 0.3) is 0 Å². The Morgan fingerprint density at radius 1 is 1.47 bits per heavy atom. The molecule has 19 heavy (non-hydrogen) atoms. The second-order valence-corrected chi connectivity index (χ2v) is 4.75. The molecule has 6 heteroatoms. The maximum Gasteiger partial charge on any atom is 0.237 e. The van der Waals surface area contributed by atoms with Gasteiger partial charge >= 0.3 is 0 Å². The summed E-state index contributed by atoms with van der Waals surface area (Å²) in [6.07, 6.45) is -0.162. The minimum atomic E-state index is -0.937. The molecule has 0 aliphatic carbocycles. The first-order valence-corrected chi connectivity index (χ1v) is 6.14. The molecule has 4 nitrogen and oxygen atoms in total. The number of hydrogen-bond acceptors (Lipinski definition) is 3. The molecule has 1 aliphatic rings. The molecule has 1 aromatic carbocycles. The van der Waals surface area contributed by atoms with E-state index in [-0.39, 0.29) is 5.91 Å². The van der Waals surface area contributed by atoms with Crippen molar-refractivity contribution < 1.29 is 18.7 Å². The van der Waals surface area contributed by atoms with E-state index in [2.05, 4.69) is 10.6 Å². The zero-order valence-electron chi connectivity index (χ0n) is 10.5. The van der Waals surface area contributed by atoms with Gasteiger partial charge in [-0.3, -0.25) is 4.79 Å². The predicted octanol–water partition coefficient (Wildman–Crippen LogP) is 0.865. The van der Waals surface area contributed by atoms with E-state index in [9.17, 15) is 18.7 Å². The van der Waals surface area contributed by atoms with Crippen molar-refractivity contribution in [3.05, 3.63) is 35.4 Å². The van der Waals surface area contributed by atoms with Gasteiger partial charge in [0.1, 0.15) is 0 Å². The maximum absolute atomic E-state index is 13.1. The first kappa shape index (κ1) is 13.9. The fourth-order valence-corrected chi connectivity index (χ4v) is 2.10. The summed E-state index contributed by atoms with van der Waals surface area (Å²) in [5.41, 5.74) is 0.491. The standard InChI is InChI=1S/C13H16F2N2O2/c1-7(8-2-3-10(14)11(15)4-8)17-13(19)12-5-9(18)6-16-12/h2-4,7,9,12,16,18H,5-6H2,1H3,(H,17,19)/t7-,9-,12+/m0/s1. The Kier molecular flexibility index (Phi) is 4.11. The van der Waals surface area contributed by atoms with Crippen LogP contribution in [0.15, 0.2) is 18.2 Å².